The summed E-state index contributed by atoms with van der Waals surface area (Å²) in [4.78, 5) is 27.5. The minimum Gasteiger partial charge on any atom is -0.357 e. The van der Waals surface area contributed by atoms with Gasteiger partial charge in [0.15, 0.2) is 0 Å². The standard InChI is InChI=1S/C19H21N3O2/c1-5-19(3,4)16-13(12-8-6-7-9-14(12)21-16)10-15-18(24)20-11(2)17(23)22-15/h5-9,15,21H,1-2,10H2,3-4H3,(H,20,24)(H,22,23)/t15-/m0/s1. The molecule has 3 N–H and O–H groups in total. The predicted octanol–water partition coefficient (Wildman–Crippen LogP) is 2.30. The number of carbonyl (C=O) groups excluding carboxylic acids is 2. The first-order valence-corrected chi connectivity index (χ1v) is 7.88. The van der Waals surface area contributed by atoms with E-state index in [4.69, 9.17) is 0 Å². The number of piperazine rings is 1. The number of hydrogen-bond donors (Lipinski definition) is 3. The van der Waals surface area contributed by atoms with E-state index in [0.717, 1.165) is 22.2 Å². The van der Waals surface area contributed by atoms with Crippen molar-refractivity contribution < 1.29 is 9.59 Å². The van der Waals surface area contributed by atoms with Crippen LogP contribution in [0.4, 0.5) is 0 Å². The number of benzene rings is 1. The Balaban J connectivity index is 2.06. The number of H-pyrrole nitrogens is 1. The number of amides is 2. The van der Waals surface area contributed by atoms with E-state index in [1.807, 2.05) is 30.3 Å². The molecule has 3 rings (SSSR count). The maximum atomic E-state index is 12.2. The number of carbonyl (C=O) groups is 2. The number of fused-ring (bicyclic) bond motifs is 1. The lowest BCUT2D eigenvalue weighted by Gasteiger charge is -2.26. The number of allylic oxidation sites excluding steroid dienone is 1. The minimum atomic E-state index is -0.624. The average molecular weight is 323 g/mol. The number of aromatic amines is 1. The predicted molar refractivity (Wildman–Crippen MR) is 94.4 cm³/mol. The minimum absolute atomic E-state index is 0.0850. The third-order valence-corrected chi connectivity index (χ3v) is 4.55. The van der Waals surface area contributed by atoms with E-state index in [1.165, 1.54) is 0 Å². The highest BCUT2D eigenvalue weighted by Crippen LogP contribution is 2.33. The number of para-hydroxylation sites is 1. The van der Waals surface area contributed by atoms with E-state index in [9.17, 15) is 9.59 Å². The van der Waals surface area contributed by atoms with Crippen molar-refractivity contribution in [2.45, 2.75) is 31.7 Å². The molecule has 0 spiro atoms. The van der Waals surface area contributed by atoms with E-state index >= 15 is 0 Å². The normalized spacial score (nSPS) is 18.4. The molecule has 5 nitrogen and oxygen atoms in total. The Bertz CT molecular complexity index is 861. The molecule has 1 fully saturated rings. The molecule has 0 radical (unpaired) electrons. The van der Waals surface area contributed by atoms with Crippen molar-refractivity contribution in [3.63, 3.8) is 0 Å². The Morgan fingerprint density at radius 1 is 1.25 bits per heavy atom. The number of nitrogens with one attached hydrogen (secondary N) is 3. The molecule has 1 aromatic heterocycles. The van der Waals surface area contributed by atoms with Crippen LogP contribution in [0, 0.1) is 0 Å². The molecule has 0 saturated carbocycles. The number of hydrogen-bond acceptors (Lipinski definition) is 2. The molecule has 1 aliphatic rings. The zero-order valence-electron chi connectivity index (χ0n) is 13.9. The summed E-state index contributed by atoms with van der Waals surface area (Å²) in [5, 5.41) is 6.31. The third-order valence-electron chi connectivity index (χ3n) is 4.55. The first-order chi connectivity index (χ1) is 11.3. The van der Waals surface area contributed by atoms with Crippen LogP contribution in [-0.2, 0) is 21.4 Å². The Hall–Kier alpha value is -2.82. The van der Waals surface area contributed by atoms with Crippen LogP contribution in [0.3, 0.4) is 0 Å². The number of aromatic nitrogens is 1. The molecule has 1 aromatic carbocycles. The Morgan fingerprint density at radius 3 is 2.67 bits per heavy atom. The summed E-state index contributed by atoms with van der Waals surface area (Å²) in [5.74, 6) is -0.587. The van der Waals surface area contributed by atoms with Crippen LogP contribution in [0.15, 0.2) is 49.2 Å². The molecule has 2 amide bonds. The summed E-state index contributed by atoms with van der Waals surface area (Å²) < 4.78 is 0. The van der Waals surface area contributed by atoms with Crippen LogP contribution < -0.4 is 10.6 Å². The molecule has 124 valence electrons. The highest BCUT2D eigenvalue weighted by molar-refractivity contribution is 6.04. The maximum absolute atomic E-state index is 12.2. The Kier molecular flexibility index (Phi) is 3.79. The molecular weight excluding hydrogens is 302 g/mol. The van der Waals surface area contributed by atoms with Gasteiger partial charge in [-0.25, -0.2) is 0 Å². The highest BCUT2D eigenvalue weighted by atomic mass is 16.2. The second-order valence-electron chi connectivity index (χ2n) is 6.65. The first-order valence-electron chi connectivity index (χ1n) is 7.88. The van der Waals surface area contributed by atoms with Crippen LogP contribution in [-0.4, -0.2) is 22.8 Å². The second-order valence-corrected chi connectivity index (χ2v) is 6.65. The molecule has 24 heavy (non-hydrogen) atoms. The van der Waals surface area contributed by atoms with Crippen LogP contribution >= 0.6 is 0 Å². The molecule has 1 saturated heterocycles. The fourth-order valence-corrected chi connectivity index (χ4v) is 3.02. The van der Waals surface area contributed by atoms with Gasteiger partial charge in [-0.15, -0.1) is 6.58 Å². The SMILES string of the molecule is C=CC(C)(C)c1[nH]c2ccccc2c1C[C@@H]1NC(=O)C(=C)NC1=O. The van der Waals surface area contributed by atoms with Gasteiger partial charge in [-0.1, -0.05) is 44.7 Å². The summed E-state index contributed by atoms with van der Waals surface area (Å²) in [7, 11) is 0. The van der Waals surface area contributed by atoms with Crippen molar-refractivity contribution >= 4 is 22.7 Å². The molecule has 1 aliphatic heterocycles. The molecule has 2 heterocycles. The van der Waals surface area contributed by atoms with Crippen LogP contribution in [0.1, 0.15) is 25.1 Å². The molecule has 1 atom stereocenters. The van der Waals surface area contributed by atoms with Crippen molar-refractivity contribution in [2.75, 3.05) is 0 Å². The van der Waals surface area contributed by atoms with Gasteiger partial charge in [0.05, 0.1) is 5.70 Å². The van der Waals surface area contributed by atoms with Gasteiger partial charge in [0.2, 0.25) is 5.91 Å². The summed E-state index contributed by atoms with van der Waals surface area (Å²) in [6.45, 7) is 11.6. The highest BCUT2D eigenvalue weighted by Gasteiger charge is 2.32. The molecule has 0 unspecified atom stereocenters. The summed E-state index contributed by atoms with van der Waals surface area (Å²) >= 11 is 0. The monoisotopic (exact) mass is 323 g/mol. The molecule has 5 heteroatoms. The van der Waals surface area contributed by atoms with Gasteiger partial charge in [0.25, 0.3) is 5.91 Å². The van der Waals surface area contributed by atoms with Gasteiger partial charge in [0.1, 0.15) is 6.04 Å². The average Bonchev–Trinajstić information content (AvgIpc) is 2.92. The zero-order valence-corrected chi connectivity index (χ0v) is 13.9. The third kappa shape index (κ3) is 2.62. The maximum Gasteiger partial charge on any atom is 0.267 e. The largest absolute Gasteiger partial charge is 0.357 e. The fraction of sp³-hybridized carbons (Fsp3) is 0.263. The second kappa shape index (κ2) is 5.67. The van der Waals surface area contributed by atoms with Crippen LogP contribution in [0.25, 0.3) is 10.9 Å². The van der Waals surface area contributed by atoms with Crippen molar-refractivity contribution in [1.29, 1.82) is 0 Å². The smallest absolute Gasteiger partial charge is 0.267 e. The van der Waals surface area contributed by atoms with Crippen molar-refractivity contribution in [3.05, 3.63) is 60.5 Å². The Morgan fingerprint density at radius 2 is 1.96 bits per heavy atom. The van der Waals surface area contributed by atoms with Crippen LogP contribution in [0.5, 0.6) is 0 Å². The van der Waals surface area contributed by atoms with Crippen LogP contribution in [0.2, 0.25) is 0 Å². The molecule has 2 aromatic rings. The van der Waals surface area contributed by atoms with Crippen molar-refractivity contribution in [2.24, 2.45) is 0 Å². The van der Waals surface area contributed by atoms with Gasteiger partial charge < -0.3 is 15.6 Å². The molecule has 0 bridgehead atoms. The van der Waals surface area contributed by atoms with E-state index in [2.05, 4.69) is 42.6 Å². The fourth-order valence-electron chi connectivity index (χ4n) is 3.02. The zero-order chi connectivity index (χ0) is 17.5. The summed E-state index contributed by atoms with van der Waals surface area (Å²) in [6, 6.07) is 7.33. The van der Waals surface area contributed by atoms with Gasteiger partial charge in [-0.05, 0) is 11.6 Å². The molecule has 0 aliphatic carbocycles. The van der Waals surface area contributed by atoms with Gasteiger partial charge in [-0.2, -0.15) is 0 Å². The topological polar surface area (TPSA) is 74.0 Å². The summed E-state index contributed by atoms with van der Waals surface area (Å²) in [5.41, 5.74) is 2.83. The van der Waals surface area contributed by atoms with E-state index < -0.39 is 6.04 Å². The van der Waals surface area contributed by atoms with Crippen molar-refractivity contribution in [3.8, 4) is 0 Å². The van der Waals surface area contributed by atoms with Gasteiger partial charge in [-0.3, -0.25) is 9.59 Å². The van der Waals surface area contributed by atoms with Gasteiger partial charge in [0, 0.05) is 28.4 Å². The number of rotatable bonds is 4. The van der Waals surface area contributed by atoms with E-state index in [1.54, 1.807) is 0 Å². The first kappa shape index (κ1) is 16.1. The lowest BCUT2D eigenvalue weighted by Crippen LogP contribution is -2.55. The lowest BCUT2D eigenvalue weighted by atomic mass is 9.85. The lowest BCUT2D eigenvalue weighted by molar-refractivity contribution is -0.131. The summed E-state index contributed by atoms with van der Waals surface area (Å²) in [6.07, 6.45) is 2.28. The quantitative estimate of drug-likeness (QED) is 0.597. The van der Waals surface area contributed by atoms with Crippen molar-refractivity contribution in [1.82, 2.24) is 15.6 Å². The van der Waals surface area contributed by atoms with E-state index in [-0.39, 0.29) is 22.9 Å². The Labute approximate surface area is 140 Å². The molecular formula is C19H21N3O2. The van der Waals surface area contributed by atoms with E-state index in [0.29, 0.717) is 6.42 Å². The van der Waals surface area contributed by atoms with Gasteiger partial charge >= 0.3 is 0 Å².